The molecule has 1 rings (SSSR count). The Hall–Kier alpha value is -2.09. The maximum absolute atomic E-state index is 11.8. The minimum atomic E-state index is -3.65. The van der Waals surface area contributed by atoms with E-state index in [1.54, 1.807) is 13.8 Å². The minimum Gasteiger partial charge on any atom is -0.478 e. The van der Waals surface area contributed by atoms with Crippen LogP contribution < -0.4 is 4.72 Å². The standard InChI is InChI=1S/C12H15NO6S/c1-7(2)6-20(18,19)13-10-4-8(11(14)15)3-9(5-10)12(16)17/h3-5,7,13H,6H2,1-2H3,(H,14,15)(H,16,17). The van der Waals surface area contributed by atoms with Crippen LogP contribution in [0.25, 0.3) is 0 Å². The molecule has 0 aliphatic rings. The van der Waals surface area contributed by atoms with E-state index in [1.807, 2.05) is 0 Å². The highest BCUT2D eigenvalue weighted by Crippen LogP contribution is 2.17. The molecule has 0 aromatic heterocycles. The summed E-state index contributed by atoms with van der Waals surface area (Å²) < 4.78 is 25.7. The summed E-state index contributed by atoms with van der Waals surface area (Å²) in [6.45, 7) is 3.44. The number of benzene rings is 1. The lowest BCUT2D eigenvalue weighted by Crippen LogP contribution is -2.20. The molecule has 0 unspecified atom stereocenters. The highest BCUT2D eigenvalue weighted by Gasteiger charge is 2.16. The third-order valence-corrected chi connectivity index (χ3v) is 3.91. The number of carboxylic acid groups (broad SMARTS) is 2. The SMILES string of the molecule is CC(C)CS(=O)(=O)Nc1cc(C(=O)O)cc(C(=O)O)c1. The lowest BCUT2D eigenvalue weighted by Gasteiger charge is -2.11. The van der Waals surface area contributed by atoms with Gasteiger partial charge in [0.2, 0.25) is 10.0 Å². The van der Waals surface area contributed by atoms with E-state index in [1.165, 1.54) is 0 Å². The molecule has 0 radical (unpaired) electrons. The number of rotatable bonds is 6. The summed E-state index contributed by atoms with van der Waals surface area (Å²) in [5.41, 5.74) is -0.678. The van der Waals surface area contributed by atoms with Crippen molar-refractivity contribution in [3.63, 3.8) is 0 Å². The van der Waals surface area contributed by atoms with Crippen LogP contribution in [0.3, 0.4) is 0 Å². The summed E-state index contributed by atoms with van der Waals surface area (Å²) in [5.74, 6) is -2.93. The fourth-order valence-corrected chi connectivity index (χ4v) is 3.03. The van der Waals surface area contributed by atoms with Crippen molar-refractivity contribution in [2.24, 2.45) is 5.92 Å². The molecule has 0 heterocycles. The first kappa shape index (κ1) is 16.0. The lowest BCUT2D eigenvalue weighted by atomic mass is 10.1. The molecule has 3 N–H and O–H groups in total. The van der Waals surface area contributed by atoms with Crippen molar-refractivity contribution in [1.29, 1.82) is 0 Å². The number of sulfonamides is 1. The Kier molecular flexibility index (Phi) is 4.72. The summed E-state index contributed by atoms with van der Waals surface area (Å²) in [5, 5.41) is 17.8. The largest absolute Gasteiger partial charge is 0.478 e. The first-order chi connectivity index (χ1) is 9.10. The van der Waals surface area contributed by atoms with Gasteiger partial charge in [-0.25, -0.2) is 18.0 Å². The average Bonchev–Trinajstić information content (AvgIpc) is 2.25. The molecule has 20 heavy (non-hydrogen) atoms. The van der Waals surface area contributed by atoms with E-state index < -0.39 is 22.0 Å². The molecule has 110 valence electrons. The number of hydrogen-bond acceptors (Lipinski definition) is 4. The lowest BCUT2D eigenvalue weighted by molar-refractivity contribution is 0.0696. The normalized spacial score (nSPS) is 11.3. The predicted molar refractivity (Wildman–Crippen MR) is 72.6 cm³/mol. The Balaban J connectivity index is 3.18. The fraction of sp³-hybridized carbons (Fsp3) is 0.333. The third kappa shape index (κ3) is 4.54. The van der Waals surface area contributed by atoms with E-state index in [9.17, 15) is 18.0 Å². The molecule has 8 heteroatoms. The summed E-state index contributed by atoms with van der Waals surface area (Å²) in [6, 6.07) is 3.12. The van der Waals surface area contributed by atoms with Crippen LogP contribution >= 0.6 is 0 Å². The fourth-order valence-electron chi connectivity index (χ4n) is 1.59. The quantitative estimate of drug-likeness (QED) is 0.731. The Labute approximate surface area is 116 Å². The number of carboxylic acids is 2. The van der Waals surface area contributed by atoms with Crippen LogP contribution in [0, 0.1) is 5.92 Å². The van der Waals surface area contributed by atoms with Crippen molar-refractivity contribution in [2.75, 3.05) is 10.5 Å². The Bertz CT molecular complexity index is 603. The highest BCUT2D eigenvalue weighted by atomic mass is 32.2. The molecule has 1 aromatic rings. The van der Waals surface area contributed by atoms with Gasteiger partial charge in [-0.15, -0.1) is 0 Å². The molecule has 0 bridgehead atoms. The predicted octanol–water partition coefficient (Wildman–Crippen LogP) is 1.48. The average molecular weight is 301 g/mol. The van der Waals surface area contributed by atoms with E-state index in [0.29, 0.717) is 0 Å². The zero-order valence-corrected chi connectivity index (χ0v) is 11.8. The summed E-state index contributed by atoms with van der Waals surface area (Å²) in [6.07, 6.45) is 0. The van der Waals surface area contributed by atoms with Crippen LogP contribution in [0.2, 0.25) is 0 Å². The van der Waals surface area contributed by atoms with Crippen LogP contribution in [-0.2, 0) is 10.0 Å². The second-order valence-electron chi connectivity index (χ2n) is 4.69. The number of nitrogens with one attached hydrogen (secondary N) is 1. The molecule has 0 aliphatic heterocycles. The Morgan fingerprint density at radius 1 is 1.10 bits per heavy atom. The van der Waals surface area contributed by atoms with E-state index in [4.69, 9.17) is 10.2 Å². The first-order valence-electron chi connectivity index (χ1n) is 5.73. The van der Waals surface area contributed by atoms with Gasteiger partial charge in [-0.1, -0.05) is 13.8 Å². The summed E-state index contributed by atoms with van der Waals surface area (Å²) >= 11 is 0. The van der Waals surface area contributed by atoms with Crippen molar-refractivity contribution in [3.8, 4) is 0 Å². The van der Waals surface area contributed by atoms with Gasteiger partial charge in [-0.05, 0) is 24.1 Å². The molecule has 0 aliphatic carbocycles. The van der Waals surface area contributed by atoms with Gasteiger partial charge in [0.05, 0.1) is 22.6 Å². The zero-order valence-electron chi connectivity index (χ0n) is 11.0. The van der Waals surface area contributed by atoms with Gasteiger partial charge < -0.3 is 10.2 Å². The molecular formula is C12H15NO6S. The van der Waals surface area contributed by atoms with Crippen molar-refractivity contribution in [3.05, 3.63) is 29.3 Å². The second kappa shape index (κ2) is 5.91. The molecule has 0 atom stereocenters. The molecule has 0 saturated carbocycles. The van der Waals surface area contributed by atoms with Gasteiger partial charge in [0.15, 0.2) is 0 Å². The topological polar surface area (TPSA) is 121 Å². The highest BCUT2D eigenvalue weighted by molar-refractivity contribution is 7.92. The zero-order chi connectivity index (χ0) is 15.5. The maximum atomic E-state index is 11.8. The van der Waals surface area contributed by atoms with Gasteiger partial charge in [-0.2, -0.15) is 0 Å². The van der Waals surface area contributed by atoms with Gasteiger partial charge in [-0.3, -0.25) is 4.72 Å². The molecule has 0 fully saturated rings. The van der Waals surface area contributed by atoms with Gasteiger partial charge in [0, 0.05) is 0 Å². The molecule has 0 saturated heterocycles. The third-order valence-electron chi connectivity index (χ3n) is 2.25. The monoisotopic (exact) mass is 301 g/mol. The molecule has 0 spiro atoms. The van der Waals surface area contributed by atoms with Gasteiger partial charge >= 0.3 is 11.9 Å². The van der Waals surface area contributed by atoms with E-state index in [2.05, 4.69) is 4.72 Å². The number of anilines is 1. The van der Waals surface area contributed by atoms with E-state index in [-0.39, 0.29) is 28.5 Å². The Morgan fingerprint density at radius 3 is 1.90 bits per heavy atom. The number of carbonyl (C=O) groups is 2. The number of hydrogen-bond donors (Lipinski definition) is 3. The Morgan fingerprint density at radius 2 is 1.55 bits per heavy atom. The first-order valence-corrected chi connectivity index (χ1v) is 7.38. The second-order valence-corrected chi connectivity index (χ2v) is 6.45. The van der Waals surface area contributed by atoms with Crippen molar-refractivity contribution in [1.82, 2.24) is 0 Å². The van der Waals surface area contributed by atoms with E-state index >= 15 is 0 Å². The van der Waals surface area contributed by atoms with Crippen molar-refractivity contribution < 1.29 is 28.2 Å². The summed E-state index contributed by atoms with van der Waals surface area (Å²) in [7, 11) is -3.65. The van der Waals surface area contributed by atoms with Crippen molar-refractivity contribution >= 4 is 27.6 Å². The van der Waals surface area contributed by atoms with Crippen LogP contribution in [-0.4, -0.2) is 36.3 Å². The molecular weight excluding hydrogens is 286 g/mol. The summed E-state index contributed by atoms with van der Waals surface area (Å²) in [4.78, 5) is 21.8. The maximum Gasteiger partial charge on any atom is 0.335 e. The molecule has 7 nitrogen and oxygen atoms in total. The number of aromatic carboxylic acids is 2. The van der Waals surface area contributed by atoms with Crippen LogP contribution in [0.15, 0.2) is 18.2 Å². The van der Waals surface area contributed by atoms with Crippen LogP contribution in [0.5, 0.6) is 0 Å². The van der Waals surface area contributed by atoms with Gasteiger partial charge in [0.1, 0.15) is 0 Å². The molecule has 0 amide bonds. The van der Waals surface area contributed by atoms with Crippen LogP contribution in [0.4, 0.5) is 5.69 Å². The van der Waals surface area contributed by atoms with Crippen LogP contribution in [0.1, 0.15) is 34.6 Å². The smallest absolute Gasteiger partial charge is 0.335 e. The minimum absolute atomic E-state index is 0.0806. The van der Waals surface area contributed by atoms with Crippen molar-refractivity contribution in [2.45, 2.75) is 13.8 Å². The molecule has 1 aromatic carbocycles. The van der Waals surface area contributed by atoms with Gasteiger partial charge in [0.25, 0.3) is 0 Å². The van der Waals surface area contributed by atoms with E-state index in [0.717, 1.165) is 18.2 Å².